The Morgan fingerprint density at radius 1 is 1.06 bits per heavy atom. The maximum Gasteiger partial charge on any atom is 0.262 e. The predicted molar refractivity (Wildman–Crippen MR) is 124 cm³/mol. The number of fused-ring (bicyclic) bond motifs is 1. The summed E-state index contributed by atoms with van der Waals surface area (Å²) >= 11 is 5.98. The van der Waals surface area contributed by atoms with E-state index in [1.54, 1.807) is 18.2 Å². The fraction of sp³-hybridized carbons (Fsp3) is 0.174. The Bertz CT molecular complexity index is 1300. The molecule has 0 fully saturated rings. The second kappa shape index (κ2) is 9.60. The number of para-hydroxylation sites is 1. The Labute approximate surface area is 196 Å². The smallest absolute Gasteiger partial charge is 0.262 e. The molecular formula is C23H21ClN2O6S. The van der Waals surface area contributed by atoms with Crippen LogP contribution in [0.3, 0.4) is 0 Å². The van der Waals surface area contributed by atoms with Gasteiger partial charge < -0.3 is 19.5 Å². The second-order valence-electron chi connectivity index (χ2n) is 7.10. The van der Waals surface area contributed by atoms with Gasteiger partial charge in [-0.3, -0.25) is 9.52 Å². The first-order valence-electron chi connectivity index (χ1n) is 9.99. The highest BCUT2D eigenvalue weighted by atomic mass is 35.5. The molecule has 0 saturated carbocycles. The Morgan fingerprint density at radius 3 is 2.67 bits per heavy atom. The number of benzene rings is 3. The Balaban J connectivity index is 1.51. The first-order valence-corrected chi connectivity index (χ1v) is 11.9. The Hall–Kier alpha value is -3.43. The van der Waals surface area contributed by atoms with Gasteiger partial charge in [-0.15, -0.1) is 0 Å². The van der Waals surface area contributed by atoms with Crippen LogP contribution in [-0.4, -0.2) is 34.6 Å². The summed E-state index contributed by atoms with van der Waals surface area (Å²) in [6.07, 6.45) is 0. The van der Waals surface area contributed by atoms with Gasteiger partial charge in [-0.25, -0.2) is 8.42 Å². The quantitative estimate of drug-likeness (QED) is 0.523. The van der Waals surface area contributed by atoms with Gasteiger partial charge in [0.05, 0.1) is 17.7 Å². The summed E-state index contributed by atoms with van der Waals surface area (Å²) in [4.78, 5) is 12.7. The van der Waals surface area contributed by atoms with E-state index in [2.05, 4.69) is 10.0 Å². The molecule has 33 heavy (non-hydrogen) atoms. The molecule has 3 aromatic carbocycles. The number of anilines is 1. The third-order valence-electron chi connectivity index (χ3n) is 4.90. The molecule has 0 atom stereocenters. The van der Waals surface area contributed by atoms with E-state index in [0.717, 1.165) is 5.56 Å². The van der Waals surface area contributed by atoms with E-state index < -0.39 is 15.9 Å². The van der Waals surface area contributed by atoms with Gasteiger partial charge in [-0.05, 0) is 42.5 Å². The zero-order valence-corrected chi connectivity index (χ0v) is 19.2. The van der Waals surface area contributed by atoms with E-state index in [-0.39, 0.29) is 22.7 Å². The number of sulfonamides is 1. The van der Waals surface area contributed by atoms with Gasteiger partial charge in [0.25, 0.3) is 15.9 Å². The highest BCUT2D eigenvalue weighted by Gasteiger charge is 2.20. The summed E-state index contributed by atoms with van der Waals surface area (Å²) in [5.41, 5.74) is 1.15. The van der Waals surface area contributed by atoms with Crippen LogP contribution < -0.4 is 24.2 Å². The lowest BCUT2D eigenvalue weighted by atomic mass is 10.1. The van der Waals surface area contributed by atoms with E-state index >= 15 is 0 Å². The molecule has 0 aliphatic carbocycles. The predicted octanol–water partition coefficient (Wildman–Crippen LogP) is 3.85. The number of carbonyl (C=O) groups excluding carboxylic acids is 1. The molecule has 4 rings (SSSR count). The number of hydrogen-bond acceptors (Lipinski definition) is 6. The van der Waals surface area contributed by atoms with Gasteiger partial charge in [0.15, 0.2) is 11.5 Å². The van der Waals surface area contributed by atoms with Crippen LogP contribution >= 0.6 is 11.6 Å². The van der Waals surface area contributed by atoms with Gasteiger partial charge >= 0.3 is 0 Å². The molecule has 2 N–H and O–H groups in total. The Morgan fingerprint density at radius 2 is 1.85 bits per heavy atom. The first kappa shape index (κ1) is 22.8. The average molecular weight is 489 g/mol. The van der Waals surface area contributed by atoms with E-state index in [1.807, 2.05) is 12.1 Å². The van der Waals surface area contributed by atoms with E-state index in [4.69, 9.17) is 25.8 Å². The number of ether oxygens (including phenoxy) is 3. The minimum absolute atomic E-state index is 0.0778. The minimum Gasteiger partial charge on any atom is -0.495 e. The number of nitrogens with one attached hydrogen (secondary N) is 2. The van der Waals surface area contributed by atoms with Gasteiger partial charge in [-0.2, -0.15) is 0 Å². The number of amides is 1. The molecule has 1 amide bonds. The molecule has 0 unspecified atom stereocenters. The molecule has 3 aromatic rings. The number of methoxy groups -OCH3 is 1. The lowest BCUT2D eigenvalue weighted by Gasteiger charge is -2.21. The van der Waals surface area contributed by atoms with Gasteiger partial charge in [0.2, 0.25) is 0 Å². The number of hydrogen-bond donors (Lipinski definition) is 2. The fourth-order valence-electron chi connectivity index (χ4n) is 3.32. The molecular weight excluding hydrogens is 468 g/mol. The van der Waals surface area contributed by atoms with Crippen LogP contribution in [0, 0.1) is 0 Å². The topological polar surface area (TPSA) is 103 Å². The van der Waals surface area contributed by atoms with Crippen molar-refractivity contribution in [3.8, 4) is 17.2 Å². The van der Waals surface area contributed by atoms with Crippen molar-refractivity contribution in [1.29, 1.82) is 0 Å². The molecule has 0 spiro atoms. The molecule has 0 saturated heterocycles. The molecule has 1 aliphatic heterocycles. The standard InChI is InChI=1S/C23H21ClN2O6S/c1-30-20-9-8-17(24)13-19(20)26-33(28,29)18-6-2-4-15(12-18)23(27)25-14-16-5-3-7-21-22(16)32-11-10-31-21/h2-9,12-13,26H,10-11,14H2,1H3,(H,25,27). The van der Waals surface area contributed by atoms with Gasteiger partial charge in [-0.1, -0.05) is 29.8 Å². The zero-order valence-electron chi connectivity index (χ0n) is 17.6. The summed E-state index contributed by atoms with van der Waals surface area (Å²) in [5.74, 6) is 1.11. The molecule has 172 valence electrons. The fourth-order valence-corrected chi connectivity index (χ4v) is 4.60. The van der Waals surface area contributed by atoms with Gasteiger partial charge in [0.1, 0.15) is 19.0 Å². The average Bonchev–Trinajstić information content (AvgIpc) is 2.82. The largest absolute Gasteiger partial charge is 0.495 e. The van der Waals surface area contributed by atoms with E-state index in [9.17, 15) is 13.2 Å². The van der Waals surface area contributed by atoms with Crippen molar-refractivity contribution in [2.45, 2.75) is 11.4 Å². The molecule has 0 bridgehead atoms. The number of carbonyl (C=O) groups is 1. The van der Waals surface area contributed by atoms with E-state index in [1.165, 1.54) is 37.4 Å². The van der Waals surface area contributed by atoms with Crippen LogP contribution in [0.1, 0.15) is 15.9 Å². The van der Waals surface area contributed by atoms with Crippen LogP contribution in [0.2, 0.25) is 5.02 Å². The summed E-state index contributed by atoms with van der Waals surface area (Å²) in [6, 6.07) is 15.8. The highest BCUT2D eigenvalue weighted by Crippen LogP contribution is 2.33. The molecule has 10 heteroatoms. The summed E-state index contributed by atoms with van der Waals surface area (Å²) in [6.45, 7) is 1.10. The van der Waals surface area contributed by atoms with Crippen LogP contribution in [0.4, 0.5) is 5.69 Å². The zero-order chi connectivity index (χ0) is 23.4. The third-order valence-corrected chi connectivity index (χ3v) is 6.50. The van der Waals surface area contributed by atoms with Crippen molar-refractivity contribution in [1.82, 2.24) is 5.32 Å². The SMILES string of the molecule is COc1ccc(Cl)cc1NS(=O)(=O)c1cccc(C(=O)NCc2cccc3c2OCCO3)c1. The summed E-state index contributed by atoms with van der Waals surface area (Å²) in [5, 5.41) is 3.14. The summed E-state index contributed by atoms with van der Waals surface area (Å²) < 4.78 is 44.7. The van der Waals surface area contributed by atoms with Crippen molar-refractivity contribution in [2.75, 3.05) is 25.0 Å². The molecule has 8 nitrogen and oxygen atoms in total. The molecule has 1 aliphatic rings. The normalized spacial score (nSPS) is 12.7. The second-order valence-corrected chi connectivity index (χ2v) is 9.22. The van der Waals surface area contributed by atoms with Crippen molar-refractivity contribution in [2.24, 2.45) is 0 Å². The number of halogens is 1. The van der Waals surface area contributed by atoms with E-state index in [0.29, 0.717) is 35.5 Å². The van der Waals surface area contributed by atoms with Crippen LogP contribution in [0.25, 0.3) is 0 Å². The van der Waals surface area contributed by atoms with Crippen molar-refractivity contribution in [3.63, 3.8) is 0 Å². The lowest BCUT2D eigenvalue weighted by Crippen LogP contribution is -2.24. The maximum absolute atomic E-state index is 12.9. The molecule has 0 radical (unpaired) electrons. The molecule has 1 heterocycles. The number of rotatable bonds is 7. The van der Waals surface area contributed by atoms with Crippen LogP contribution in [0.5, 0.6) is 17.2 Å². The van der Waals surface area contributed by atoms with Crippen molar-refractivity contribution < 1.29 is 27.4 Å². The Kier molecular flexibility index (Phi) is 6.62. The van der Waals surface area contributed by atoms with Crippen molar-refractivity contribution >= 4 is 33.2 Å². The third kappa shape index (κ3) is 5.15. The monoisotopic (exact) mass is 488 g/mol. The van der Waals surface area contributed by atoms with Gasteiger partial charge in [0, 0.05) is 22.7 Å². The maximum atomic E-state index is 12.9. The van der Waals surface area contributed by atoms with Crippen molar-refractivity contribution in [3.05, 3.63) is 76.8 Å². The molecule has 0 aromatic heterocycles. The highest BCUT2D eigenvalue weighted by molar-refractivity contribution is 7.92. The lowest BCUT2D eigenvalue weighted by molar-refractivity contribution is 0.0949. The van der Waals surface area contributed by atoms with Crippen LogP contribution in [-0.2, 0) is 16.6 Å². The minimum atomic E-state index is -4.00. The van der Waals surface area contributed by atoms with Crippen LogP contribution in [0.15, 0.2) is 65.6 Å². The summed E-state index contributed by atoms with van der Waals surface area (Å²) in [7, 11) is -2.58. The first-order chi connectivity index (χ1) is 15.9.